The number of rotatable bonds is 5. The second kappa shape index (κ2) is 7.30. The zero-order valence-electron chi connectivity index (χ0n) is 16.1. The molecule has 0 unspecified atom stereocenters. The number of methoxy groups -OCH3 is 1. The number of hydrogen-bond donors (Lipinski definition) is 3. The number of sulfonamides is 1. The molecular weight excluding hydrogens is 409 g/mol. The number of aromatic nitrogens is 3. The Morgan fingerprint density at radius 3 is 2.57 bits per heavy atom. The molecule has 8 nitrogen and oxygen atoms in total. The van der Waals surface area contributed by atoms with Gasteiger partial charge in [0.1, 0.15) is 22.3 Å². The number of aromatic amines is 1. The Morgan fingerprint density at radius 1 is 1.13 bits per heavy atom. The fourth-order valence-electron chi connectivity index (χ4n) is 3.12. The van der Waals surface area contributed by atoms with Crippen molar-refractivity contribution in [2.24, 2.45) is 0 Å². The number of ether oxygens (including phenoxy) is 1. The van der Waals surface area contributed by atoms with Gasteiger partial charge >= 0.3 is 0 Å². The van der Waals surface area contributed by atoms with E-state index in [0.717, 1.165) is 28.6 Å². The molecule has 0 saturated carbocycles. The van der Waals surface area contributed by atoms with E-state index >= 15 is 0 Å². The zero-order chi connectivity index (χ0) is 21.5. The maximum absolute atomic E-state index is 14.1. The molecule has 2 aromatic carbocycles. The molecule has 4 aromatic rings. The third-order valence-corrected chi connectivity index (χ3v) is 6.01. The van der Waals surface area contributed by atoms with Crippen molar-refractivity contribution in [3.8, 4) is 17.0 Å². The van der Waals surface area contributed by atoms with Crippen LogP contribution in [0.15, 0.2) is 53.4 Å². The van der Waals surface area contributed by atoms with Gasteiger partial charge < -0.3 is 10.5 Å². The molecule has 0 atom stereocenters. The van der Waals surface area contributed by atoms with Gasteiger partial charge in [-0.05, 0) is 42.8 Å². The van der Waals surface area contributed by atoms with Crippen LogP contribution in [-0.2, 0) is 10.0 Å². The highest BCUT2D eigenvalue weighted by Gasteiger charge is 2.20. The van der Waals surface area contributed by atoms with Crippen molar-refractivity contribution in [3.63, 3.8) is 0 Å². The Labute approximate surface area is 172 Å². The molecule has 2 aromatic heterocycles. The van der Waals surface area contributed by atoms with Crippen molar-refractivity contribution in [1.29, 1.82) is 0 Å². The standard InChI is InChI=1S/C20H18FN5O3S/c1-11-9-16(23-20-18(11)19(22)24-25-20)12-3-5-13(6-4-12)26-30(27,28)17-10-14(29-2)7-8-15(17)21/h3-10,26H,1-2H3,(H3,22,23,24,25). The van der Waals surface area contributed by atoms with E-state index in [0.29, 0.717) is 17.2 Å². The summed E-state index contributed by atoms with van der Waals surface area (Å²) in [6.07, 6.45) is 0. The molecule has 0 fully saturated rings. The lowest BCUT2D eigenvalue weighted by molar-refractivity contribution is 0.411. The number of nitrogen functional groups attached to an aromatic ring is 1. The quantitative estimate of drug-likeness (QED) is 0.448. The number of hydrogen-bond acceptors (Lipinski definition) is 6. The lowest BCUT2D eigenvalue weighted by atomic mass is 10.1. The van der Waals surface area contributed by atoms with Gasteiger partial charge in [-0.2, -0.15) is 5.10 Å². The van der Waals surface area contributed by atoms with Crippen LogP contribution in [0.3, 0.4) is 0 Å². The first kappa shape index (κ1) is 19.6. The number of H-pyrrole nitrogens is 1. The zero-order valence-corrected chi connectivity index (χ0v) is 16.9. The van der Waals surface area contributed by atoms with Crippen molar-refractivity contribution in [2.75, 3.05) is 17.6 Å². The van der Waals surface area contributed by atoms with Gasteiger partial charge in [0.15, 0.2) is 5.65 Å². The highest BCUT2D eigenvalue weighted by atomic mass is 32.2. The van der Waals surface area contributed by atoms with E-state index in [9.17, 15) is 12.8 Å². The SMILES string of the molecule is COc1ccc(F)c(S(=O)(=O)Nc2ccc(-c3cc(C)c4c(N)[nH]nc4n3)cc2)c1. The first-order valence-corrected chi connectivity index (χ1v) is 10.3. The average Bonchev–Trinajstić information content (AvgIpc) is 3.10. The summed E-state index contributed by atoms with van der Waals surface area (Å²) in [7, 11) is -2.76. The topological polar surface area (TPSA) is 123 Å². The molecule has 0 spiro atoms. The van der Waals surface area contributed by atoms with E-state index in [1.165, 1.54) is 13.2 Å². The molecule has 0 amide bonds. The number of nitrogens with zero attached hydrogens (tertiary/aromatic N) is 2. The van der Waals surface area contributed by atoms with Gasteiger partial charge in [0.2, 0.25) is 0 Å². The third-order valence-electron chi connectivity index (χ3n) is 4.61. The first-order chi connectivity index (χ1) is 14.3. The molecule has 0 aliphatic heterocycles. The van der Waals surface area contributed by atoms with E-state index in [-0.39, 0.29) is 11.4 Å². The number of benzene rings is 2. The van der Waals surface area contributed by atoms with Crippen molar-refractivity contribution in [2.45, 2.75) is 11.8 Å². The highest BCUT2D eigenvalue weighted by molar-refractivity contribution is 7.92. The number of halogens is 1. The van der Waals surface area contributed by atoms with Gasteiger partial charge in [-0.3, -0.25) is 9.82 Å². The molecule has 4 rings (SSSR count). The summed E-state index contributed by atoms with van der Waals surface area (Å²) in [6.45, 7) is 1.91. The molecule has 0 aliphatic carbocycles. The summed E-state index contributed by atoms with van der Waals surface area (Å²) in [5.74, 6) is -0.176. The van der Waals surface area contributed by atoms with Crippen LogP contribution in [-0.4, -0.2) is 30.7 Å². The minimum Gasteiger partial charge on any atom is -0.497 e. The number of fused-ring (bicyclic) bond motifs is 1. The minimum atomic E-state index is -4.14. The minimum absolute atomic E-state index is 0.239. The van der Waals surface area contributed by atoms with Crippen LogP contribution < -0.4 is 15.2 Å². The Bertz CT molecular complexity index is 1350. The van der Waals surface area contributed by atoms with E-state index < -0.39 is 20.7 Å². The largest absolute Gasteiger partial charge is 0.497 e. The molecule has 0 radical (unpaired) electrons. The fraction of sp³-hybridized carbons (Fsp3) is 0.100. The first-order valence-electron chi connectivity index (χ1n) is 8.86. The second-order valence-electron chi connectivity index (χ2n) is 6.64. The van der Waals surface area contributed by atoms with Crippen LogP contribution in [0, 0.1) is 12.7 Å². The summed E-state index contributed by atoms with van der Waals surface area (Å²) in [5.41, 5.74) is 8.99. The maximum Gasteiger partial charge on any atom is 0.264 e. The third kappa shape index (κ3) is 3.52. The number of nitrogens with one attached hydrogen (secondary N) is 2. The van der Waals surface area contributed by atoms with Crippen LogP contribution in [0.5, 0.6) is 5.75 Å². The van der Waals surface area contributed by atoms with Crippen LogP contribution in [0.4, 0.5) is 15.9 Å². The summed E-state index contributed by atoms with van der Waals surface area (Å²) in [5, 5.41) is 7.56. The van der Waals surface area contributed by atoms with E-state index in [4.69, 9.17) is 10.5 Å². The summed E-state index contributed by atoms with van der Waals surface area (Å²) in [4.78, 5) is 3.99. The van der Waals surface area contributed by atoms with E-state index in [1.807, 2.05) is 13.0 Å². The van der Waals surface area contributed by atoms with E-state index in [2.05, 4.69) is 19.9 Å². The highest BCUT2D eigenvalue weighted by Crippen LogP contribution is 2.28. The number of nitrogens with two attached hydrogens (primary N) is 1. The Kier molecular flexibility index (Phi) is 4.78. The van der Waals surface area contributed by atoms with Crippen molar-refractivity contribution >= 4 is 32.6 Å². The molecule has 2 heterocycles. The van der Waals surface area contributed by atoms with Gasteiger partial charge in [-0.1, -0.05) is 12.1 Å². The van der Waals surface area contributed by atoms with Crippen molar-refractivity contribution < 1.29 is 17.5 Å². The van der Waals surface area contributed by atoms with Crippen LogP contribution in [0.25, 0.3) is 22.3 Å². The normalized spacial score (nSPS) is 11.6. The van der Waals surface area contributed by atoms with Crippen LogP contribution >= 0.6 is 0 Å². The van der Waals surface area contributed by atoms with Crippen molar-refractivity contribution in [1.82, 2.24) is 15.2 Å². The maximum atomic E-state index is 14.1. The predicted molar refractivity (Wildman–Crippen MR) is 112 cm³/mol. The summed E-state index contributed by atoms with van der Waals surface area (Å²) < 4.78 is 46.6. The average molecular weight is 427 g/mol. The van der Waals surface area contributed by atoms with Gasteiger partial charge in [-0.25, -0.2) is 17.8 Å². The monoisotopic (exact) mass is 427 g/mol. The molecule has 4 N–H and O–H groups in total. The predicted octanol–water partition coefficient (Wildman–Crippen LogP) is 3.46. The summed E-state index contributed by atoms with van der Waals surface area (Å²) in [6, 6.07) is 12.0. The summed E-state index contributed by atoms with van der Waals surface area (Å²) >= 11 is 0. The molecule has 0 aliphatic rings. The molecule has 154 valence electrons. The van der Waals surface area contributed by atoms with Crippen LogP contribution in [0.1, 0.15) is 5.56 Å². The van der Waals surface area contributed by atoms with Gasteiger partial charge in [0.05, 0.1) is 18.2 Å². The molecular formula is C20H18FN5O3S. The lowest BCUT2D eigenvalue weighted by Crippen LogP contribution is -2.14. The molecule has 0 saturated heterocycles. The van der Waals surface area contributed by atoms with Gasteiger partial charge in [0, 0.05) is 17.3 Å². The smallest absolute Gasteiger partial charge is 0.264 e. The second-order valence-corrected chi connectivity index (χ2v) is 8.29. The number of aryl methyl sites for hydroxylation is 1. The number of anilines is 2. The van der Waals surface area contributed by atoms with Crippen LogP contribution in [0.2, 0.25) is 0 Å². The lowest BCUT2D eigenvalue weighted by Gasteiger charge is -2.11. The molecule has 0 bridgehead atoms. The Hall–Kier alpha value is -3.66. The number of pyridine rings is 1. The van der Waals surface area contributed by atoms with Crippen molar-refractivity contribution in [3.05, 3.63) is 59.9 Å². The van der Waals surface area contributed by atoms with Gasteiger partial charge in [-0.15, -0.1) is 0 Å². The fourth-order valence-corrected chi connectivity index (χ4v) is 4.27. The Balaban J connectivity index is 1.63. The molecule has 10 heteroatoms. The molecule has 30 heavy (non-hydrogen) atoms. The Morgan fingerprint density at radius 2 is 1.87 bits per heavy atom. The van der Waals surface area contributed by atoms with Gasteiger partial charge in [0.25, 0.3) is 10.0 Å². The van der Waals surface area contributed by atoms with E-state index in [1.54, 1.807) is 24.3 Å².